The van der Waals surface area contributed by atoms with Gasteiger partial charge in [0.15, 0.2) is 0 Å². The van der Waals surface area contributed by atoms with Gasteiger partial charge in [-0.3, -0.25) is 4.79 Å². The van der Waals surface area contributed by atoms with Crippen LogP contribution in [0.1, 0.15) is 23.2 Å². The van der Waals surface area contributed by atoms with E-state index < -0.39 is 10.0 Å². The Hall–Kier alpha value is -2.33. The largest absolute Gasteiger partial charge is 0.495 e. The maximum Gasteiger partial charge on any atom is 0.251 e. The number of amides is 1. The van der Waals surface area contributed by atoms with Crippen molar-refractivity contribution in [2.75, 3.05) is 40.5 Å². The molecule has 8 nitrogen and oxygen atoms in total. The molecule has 10 heteroatoms. The first-order valence-electron chi connectivity index (χ1n) is 9.70. The Kier molecular flexibility index (Phi) is 10.1. The Morgan fingerprint density at radius 2 is 1.74 bits per heavy atom. The molecule has 0 heterocycles. The summed E-state index contributed by atoms with van der Waals surface area (Å²) < 4.78 is 43.1. The van der Waals surface area contributed by atoms with Crippen molar-refractivity contribution >= 4 is 27.5 Å². The van der Waals surface area contributed by atoms with Gasteiger partial charge in [0.25, 0.3) is 5.91 Å². The van der Waals surface area contributed by atoms with Crippen LogP contribution in [0, 0.1) is 0 Å². The number of benzene rings is 2. The van der Waals surface area contributed by atoms with E-state index in [0.29, 0.717) is 24.6 Å². The number of sulfonamides is 1. The van der Waals surface area contributed by atoms with Crippen molar-refractivity contribution in [1.29, 1.82) is 0 Å². The number of methoxy groups -OCH3 is 2. The van der Waals surface area contributed by atoms with Crippen molar-refractivity contribution in [2.45, 2.75) is 17.7 Å². The summed E-state index contributed by atoms with van der Waals surface area (Å²) >= 11 is 5.83. The van der Waals surface area contributed by atoms with E-state index in [1.165, 1.54) is 32.4 Å². The predicted molar refractivity (Wildman–Crippen MR) is 119 cm³/mol. The summed E-state index contributed by atoms with van der Waals surface area (Å²) in [5, 5.41) is 3.43. The maximum absolute atomic E-state index is 12.5. The average molecular weight is 471 g/mol. The van der Waals surface area contributed by atoms with Crippen LogP contribution in [0.15, 0.2) is 47.4 Å². The molecular formula is C21H27ClN2O6S. The molecule has 0 spiro atoms. The number of hydrogen-bond donors (Lipinski definition) is 2. The molecule has 0 radical (unpaired) electrons. The summed E-state index contributed by atoms with van der Waals surface area (Å²) in [4.78, 5) is 12.3. The second-order valence-electron chi connectivity index (χ2n) is 6.52. The summed E-state index contributed by atoms with van der Waals surface area (Å²) in [5.74, 6) is 0.523. The highest BCUT2D eigenvalue weighted by atomic mass is 35.5. The van der Waals surface area contributed by atoms with Gasteiger partial charge in [-0.1, -0.05) is 11.6 Å². The molecule has 0 saturated heterocycles. The van der Waals surface area contributed by atoms with E-state index >= 15 is 0 Å². The monoisotopic (exact) mass is 470 g/mol. The number of carbonyl (C=O) groups is 1. The minimum absolute atomic E-state index is 0.102. The van der Waals surface area contributed by atoms with E-state index in [-0.39, 0.29) is 35.3 Å². The van der Waals surface area contributed by atoms with Crippen molar-refractivity contribution in [3.8, 4) is 11.5 Å². The summed E-state index contributed by atoms with van der Waals surface area (Å²) in [6.07, 6.45) is 1.45. The van der Waals surface area contributed by atoms with Gasteiger partial charge in [-0.2, -0.15) is 0 Å². The van der Waals surface area contributed by atoms with Gasteiger partial charge in [-0.05, 0) is 55.3 Å². The van der Waals surface area contributed by atoms with Gasteiger partial charge in [0.2, 0.25) is 10.0 Å². The second-order valence-corrected chi connectivity index (χ2v) is 8.69. The lowest BCUT2D eigenvalue weighted by Gasteiger charge is -2.12. The Morgan fingerprint density at radius 3 is 2.42 bits per heavy atom. The van der Waals surface area contributed by atoms with Crippen molar-refractivity contribution in [3.63, 3.8) is 0 Å². The first kappa shape index (κ1) is 24.9. The van der Waals surface area contributed by atoms with E-state index in [1.54, 1.807) is 24.3 Å². The Morgan fingerprint density at radius 1 is 1.00 bits per heavy atom. The molecular weight excluding hydrogens is 444 g/mol. The lowest BCUT2D eigenvalue weighted by atomic mass is 10.2. The molecule has 0 aliphatic heterocycles. The number of rotatable bonds is 13. The number of ether oxygens (including phenoxy) is 3. The summed E-state index contributed by atoms with van der Waals surface area (Å²) in [7, 11) is -1.01. The van der Waals surface area contributed by atoms with Gasteiger partial charge in [0, 0.05) is 30.8 Å². The van der Waals surface area contributed by atoms with E-state index in [9.17, 15) is 13.2 Å². The summed E-state index contributed by atoms with van der Waals surface area (Å²) in [6, 6.07) is 11.4. The van der Waals surface area contributed by atoms with Gasteiger partial charge >= 0.3 is 0 Å². The number of carbonyl (C=O) groups excluding carboxylic acids is 1. The molecule has 2 N–H and O–H groups in total. The van der Waals surface area contributed by atoms with E-state index in [2.05, 4.69) is 10.0 Å². The third-order valence-corrected chi connectivity index (χ3v) is 5.99. The molecule has 1 amide bonds. The zero-order valence-electron chi connectivity index (χ0n) is 17.5. The molecule has 0 saturated carbocycles. The highest BCUT2D eigenvalue weighted by Crippen LogP contribution is 2.24. The van der Waals surface area contributed by atoms with Crippen LogP contribution in [0.4, 0.5) is 0 Å². The minimum Gasteiger partial charge on any atom is -0.495 e. The highest BCUT2D eigenvalue weighted by molar-refractivity contribution is 7.89. The average Bonchev–Trinajstić information content (AvgIpc) is 2.76. The molecule has 0 unspecified atom stereocenters. The van der Waals surface area contributed by atoms with Crippen LogP contribution >= 0.6 is 11.6 Å². The molecule has 2 rings (SSSR count). The summed E-state index contributed by atoms with van der Waals surface area (Å²) in [5.41, 5.74) is 0.227. The first-order valence-corrected chi connectivity index (χ1v) is 11.6. The highest BCUT2D eigenvalue weighted by Gasteiger charge is 2.21. The van der Waals surface area contributed by atoms with Crippen LogP contribution in [0.2, 0.25) is 5.02 Å². The van der Waals surface area contributed by atoms with Crippen LogP contribution in [0.3, 0.4) is 0 Å². The van der Waals surface area contributed by atoms with Gasteiger partial charge in [0.05, 0.1) is 20.3 Å². The normalized spacial score (nSPS) is 11.2. The molecule has 31 heavy (non-hydrogen) atoms. The Balaban J connectivity index is 1.86. The third kappa shape index (κ3) is 8.02. The van der Waals surface area contributed by atoms with Crippen molar-refractivity contribution in [2.24, 2.45) is 0 Å². The zero-order valence-corrected chi connectivity index (χ0v) is 19.1. The predicted octanol–water partition coefficient (Wildman–Crippen LogP) is 2.86. The molecule has 170 valence electrons. The fraction of sp³-hybridized carbons (Fsp3) is 0.381. The smallest absolute Gasteiger partial charge is 0.251 e. The third-order valence-electron chi connectivity index (χ3n) is 4.25. The fourth-order valence-corrected chi connectivity index (χ4v) is 3.97. The molecule has 0 atom stereocenters. The van der Waals surface area contributed by atoms with Crippen molar-refractivity contribution in [1.82, 2.24) is 10.0 Å². The number of nitrogens with one attached hydrogen (secondary N) is 2. The van der Waals surface area contributed by atoms with Crippen LogP contribution in [0.25, 0.3) is 0 Å². The fourth-order valence-electron chi connectivity index (χ4n) is 2.64. The van der Waals surface area contributed by atoms with Crippen LogP contribution in [0.5, 0.6) is 11.5 Å². The number of unbranched alkanes of at least 4 members (excludes halogenated alkanes) is 1. The van der Waals surface area contributed by atoms with Crippen molar-refractivity contribution in [3.05, 3.63) is 53.1 Å². The number of hydrogen-bond acceptors (Lipinski definition) is 6. The molecule has 0 aliphatic rings. The van der Waals surface area contributed by atoms with Gasteiger partial charge in [-0.25, -0.2) is 13.1 Å². The number of halogens is 1. The van der Waals surface area contributed by atoms with Gasteiger partial charge in [-0.15, -0.1) is 0 Å². The summed E-state index contributed by atoms with van der Waals surface area (Å²) in [6.45, 7) is 1.28. The van der Waals surface area contributed by atoms with E-state index in [0.717, 1.165) is 12.2 Å². The van der Waals surface area contributed by atoms with Crippen LogP contribution < -0.4 is 19.5 Å². The van der Waals surface area contributed by atoms with Gasteiger partial charge in [0.1, 0.15) is 16.4 Å². The quantitative estimate of drug-likeness (QED) is 0.436. The van der Waals surface area contributed by atoms with Gasteiger partial charge < -0.3 is 19.5 Å². The molecule has 0 aliphatic carbocycles. The topological polar surface area (TPSA) is 103 Å². The van der Waals surface area contributed by atoms with Crippen LogP contribution in [-0.2, 0) is 14.8 Å². The molecule has 2 aromatic carbocycles. The van der Waals surface area contributed by atoms with Crippen molar-refractivity contribution < 1.29 is 27.4 Å². The first-order chi connectivity index (χ1) is 14.9. The molecule has 0 bridgehead atoms. The molecule has 0 aromatic heterocycles. The van der Waals surface area contributed by atoms with Crippen LogP contribution in [-0.4, -0.2) is 54.8 Å². The second kappa shape index (κ2) is 12.5. The molecule has 0 fully saturated rings. The molecule has 2 aromatic rings. The lowest BCUT2D eigenvalue weighted by molar-refractivity contribution is 0.0952. The lowest BCUT2D eigenvalue weighted by Crippen LogP contribution is -2.28. The minimum atomic E-state index is -3.85. The SMILES string of the molecule is COCCNS(=O)(=O)c1cc(C(=O)NCCCCOc2ccc(Cl)cc2)ccc1OC. The Bertz CT molecular complexity index is 951. The maximum atomic E-state index is 12.5. The van der Waals surface area contributed by atoms with E-state index in [4.69, 9.17) is 25.8 Å². The standard InChI is InChI=1S/C21H27ClN2O6S/c1-28-14-12-24-31(26,27)20-15-16(5-10-19(20)29-2)21(25)23-11-3-4-13-30-18-8-6-17(22)7-9-18/h5-10,15,24H,3-4,11-14H2,1-2H3,(H,23,25). The zero-order chi connectivity index (χ0) is 22.7. The Labute approximate surface area is 187 Å². The van der Waals surface area contributed by atoms with E-state index in [1.807, 2.05) is 0 Å².